The monoisotopic (exact) mass is 396 g/mol. The molecule has 1 heterocycles. The molecule has 0 aromatic carbocycles. The average Bonchev–Trinajstić information content (AvgIpc) is 2.77. The first kappa shape index (κ1) is 24.8. The second kappa shape index (κ2) is 11.1. The molecule has 0 aromatic heterocycles. The molecule has 0 aromatic rings. The van der Waals surface area contributed by atoms with E-state index in [-0.39, 0.29) is 35.0 Å². The Morgan fingerprint density at radius 1 is 1.11 bits per heavy atom. The van der Waals surface area contributed by atoms with Crippen LogP contribution in [0.15, 0.2) is 12.2 Å². The summed E-state index contributed by atoms with van der Waals surface area (Å²) in [4.78, 5) is 26.2. The highest BCUT2D eigenvalue weighted by Gasteiger charge is 2.38. The van der Waals surface area contributed by atoms with Crippen molar-refractivity contribution in [1.82, 2.24) is 4.90 Å². The molecule has 1 atom stereocenters. The Hall–Kier alpha value is -1.24. The van der Waals surface area contributed by atoms with E-state index in [2.05, 4.69) is 41.2 Å². The van der Waals surface area contributed by atoms with Crippen LogP contribution < -0.4 is 5.73 Å². The number of nitrogens with zero attached hydrogens (tertiary/aromatic N) is 1. The summed E-state index contributed by atoms with van der Waals surface area (Å²) < 4.78 is 10.7. The van der Waals surface area contributed by atoms with E-state index in [1.54, 1.807) is 0 Å². The fraction of sp³-hybridized carbons (Fsp3) is 0.818. The first-order chi connectivity index (χ1) is 12.9. The second-order valence-corrected chi connectivity index (χ2v) is 9.83. The van der Waals surface area contributed by atoms with Crippen LogP contribution in [0.2, 0.25) is 0 Å². The Kier molecular flexibility index (Phi) is 9.81. The SMILES string of the molecule is C=C(CC1CC(=O)N(CCOCCOCCN)C1=O)CC(C)(C)CC(C)(C)C. The molecule has 0 radical (unpaired) electrons. The van der Waals surface area contributed by atoms with Crippen molar-refractivity contribution in [1.29, 1.82) is 0 Å². The summed E-state index contributed by atoms with van der Waals surface area (Å²) in [5.41, 5.74) is 6.76. The third-order valence-corrected chi connectivity index (χ3v) is 4.70. The Bertz CT molecular complexity index is 537. The third kappa shape index (κ3) is 9.30. The van der Waals surface area contributed by atoms with E-state index in [0.29, 0.717) is 45.9 Å². The first-order valence-electron chi connectivity index (χ1n) is 10.3. The Morgan fingerprint density at radius 3 is 2.29 bits per heavy atom. The predicted molar refractivity (Wildman–Crippen MR) is 112 cm³/mol. The second-order valence-electron chi connectivity index (χ2n) is 9.83. The van der Waals surface area contributed by atoms with Crippen molar-refractivity contribution in [2.24, 2.45) is 22.5 Å². The Morgan fingerprint density at radius 2 is 1.71 bits per heavy atom. The number of carbonyl (C=O) groups excluding carboxylic acids is 2. The topological polar surface area (TPSA) is 81.9 Å². The number of rotatable bonds is 13. The highest BCUT2D eigenvalue weighted by atomic mass is 16.5. The van der Waals surface area contributed by atoms with E-state index in [1.165, 1.54) is 4.90 Å². The molecular formula is C22H40N2O4. The molecule has 162 valence electrons. The van der Waals surface area contributed by atoms with Crippen LogP contribution in [-0.2, 0) is 19.1 Å². The van der Waals surface area contributed by atoms with E-state index in [0.717, 1.165) is 18.4 Å². The molecule has 1 rings (SSSR count). The molecule has 1 fully saturated rings. The van der Waals surface area contributed by atoms with Crippen LogP contribution in [0.4, 0.5) is 0 Å². The summed E-state index contributed by atoms with van der Waals surface area (Å²) in [6.45, 7) is 17.9. The van der Waals surface area contributed by atoms with Crippen molar-refractivity contribution in [2.75, 3.05) is 39.5 Å². The molecule has 6 heteroatoms. The van der Waals surface area contributed by atoms with Crippen LogP contribution in [0.1, 0.15) is 60.3 Å². The van der Waals surface area contributed by atoms with Crippen LogP contribution >= 0.6 is 0 Å². The van der Waals surface area contributed by atoms with Gasteiger partial charge in [-0.2, -0.15) is 0 Å². The Balaban J connectivity index is 2.41. The van der Waals surface area contributed by atoms with Gasteiger partial charge in [0.1, 0.15) is 0 Å². The molecule has 6 nitrogen and oxygen atoms in total. The minimum atomic E-state index is -0.279. The summed E-state index contributed by atoms with van der Waals surface area (Å²) in [6, 6.07) is 0. The van der Waals surface area contributed by atoms with E-state index in [9.17, 15) is 9.59 Å². The molecule has 0 aliphatic carbocycles. The molecule has 0 spiro atoms. The average molecular weight is 397 g/mol. The molecular weight excluding hydrogens is 356 g/mol. The number of ether oxygens (including phenoxy) is 2. The zero-order valence-electron chi connectivity index (χ0n) is 18.5. The van der Waals surface area contributed by atoms with Crippen molar-refractivity contribution in [3.8, 4) is 0 Å². The minimum Gasteiger partial charge on any atom is -0.378 e. The summed E-state index contributed by atoms with van der Waals surface area (Å²) in [6.07, 6.45) is 2.81. The van der Waals surface area contributed by atoms with Crippen molar-refractivity contribution < 1.29 is 19.1 Å². The van der Waals surface area contributed by atoms with Crippen molar-refractivity contribution >= 4 is 11.8 Å². The van der Waals surface area contributed by atoms with Crippen LogP contribution in [-0.4, -0.2) is 56.2 Å². The standard InChI is InChI=1S/C22H40N2O4/c1-17(15-22(5,6)16-21(2,3)4)13-18-14-19(25)24(20(18)26)8-10-28-12-11-27-9-7-23/h18H,1,7-16,23H2,2-6H3. The number of hydrogen-bond acceptors (Lipinski definition) is 5. The van der Waals surface area contributed by atoms with Gasteiger partial charge in [-0.25, -0.2) is 0 Å². The van der Waals surface area contributed by atoms with Crippen LogP contribution in [0.25, 0.3) is 0 Å². The Labute approximate surface area is 170 Å². The third-order valence-electron chi connectivity index (χ3n) is 4.70. The van der Waals surface area contributed by atoms with E-state index >= 15 is 0 Å². The summed E-state index contributed by atoms with van der Waals surface area (Å²) in [7, 11) is 0. The number of likely N-dealkylation sites (tertiary alicyclic amines) is 1. The quantitative estimate of drug-likeness (QED) is 0.294. The fourth-order valence-corrected chi connectivity index (χ4v) is 4.30. The molecule has 0 bridgehead atoms. The maximum absolute atomic E-state index is 12.6. The van der Waals surface area contributed by atoms with Crippen LogP contribution in [0, 0.1) is 16.7 Å². The molecule has 1 saturated heterocycles. The molecule has 1 aliphatic heterocycles. The molecule has 28 heavy (non-hydrogen) atoms. The van der Waals surface area contributed by atoms with Gasteiger partial charge in [0.05, 0.1) is 38.9 Å². The maximum atomic E-state index is 12.6. The van der Waals surface area contributed by atoms with Gasteiger partial charge in [0.25, 0.3) is 0 Å². The van der Waals surface area contributed by atoms with Gasteiger partial charge in [-0.1, -0.05) is 46.8 Å². The van der Waals surface area contributed by atoms with Gasteiger partial charge in [0.15, 0.2) is 0 Å². The zero-order valence-corrected chi connectivity index (χ0v) is 18.5. The molecule has 1 unspecified atom stereocenters. The largest absolute Gasteiger partial charge is 0.378 e. The number of hydrogen-bond donors (Lipinski definition) is 1. The van der Waals surface area contributed by atoms with E-state index in [4.69, 9.17) is 15.2 Å². The molecule has 2 amide bonds. The maximum Gasteiger partial charge on any atom is 0.233 e. The molecule has 2 N–H and O–H groups in total. The van der Waals surface area contributed by atoms with Crippen molar-refractivity contribution in [3.63, 3.8) is 0 Å². The van der Waals surface area contributed by atoms with Crippen molar-refractivity contribution in [3.05, 3.63) is 12.2 Å². The van der Waals surface area contributed by atoms with Crippen molar-refractivity contribution in [2.45, 2.75) is 60.3 Å². The molecule has 1 aliphatic rings. The normalized spacial score (nSPS) is 18.2. The van der Waals surface area contributed by atoms with Gasteiger partial charge < -0.3 is 15.2 Å². The molecule has 0 saturated carbocycles. The lowest BCUT2D eigenvalue weighted by Gasteiger charge is -2.33. The van der Waals surface area contributed by atoms with Gasteiger partial charge in [-0.05, 0) is 30.1 Å². The van der Waals surface area contributed by atoms with Crippen LogP contribution in [0.5, 0.6) is 0 Å². The van der Waals surface area contributed by atoms with Gasteiger partial charge >= 0.3 is 0 Å². The summed E-state index contributed by atoms with van der Waals surface area (Å²) >= 11 is 0. The highest BCUT2D eigenvalue weighted by Crippen LogP contribution is 2.39. The van der Waals surface area contributed by atoms with Gasteiger partial charge in [0, 0.05) is 13.0 Å². The number of nitrogens with two attached hydrogens (primary N) is 1. The number of imide groups is 1. The predicted octanol–water partition coefficient (Wildman–Crippen LogP) is 3.15. The number of allylic oxidation sites excluding steroid dienone is 1. The lowest BCUT2D eigenvalue weighted by Crippen LogP contribution is -2.34. The van der Waals surface area contributed by atoms with Gasteiger partial charge in [-0.15, -0.1) is 0 Å². The fourth-order valence-electron chi connectivity index (χ4n) is 4.30. The lowest BCUT2D eigenvalue weighted by molar-refractivity contribution is -0.140. The number of carbonyl (C=O) groups is 2. The number of amides is 2. The summed E-state index contributed by atoms with van der Waals surface area (Å²) in [5.74, 6) is -0.485. The van der Waals surface area contributed by atoms with E-state index < -0.39 is 0 Å². The smallest absolute Gasteiger partial charge is 0.233 e. The van der Waals surface area contributed by atoms with Gasteiger partial charge in [0.2, 0.25) is 11.8 Å². The first-order valence-corrected chi connectivity index (χ1v) is 10.3. The highest BCUT2D eigenvalue weighted by molar-refractivity contribution is 6.03. The minimum absolute atomic E-state index is 0.0947. The zero-order chi connectivity index (χ0) is 21.4. The van der Waals surface area contributed by atoms with E-state index in [1.807, 2.05) is 0 Å². The lowest BCUT2D eigenvalue weighted by atomic mass is 9.72. The van der Waals surface area contributed by atoms with Crippen LogP contribution in [0.3, 0.4) is 0 Å². The van der Waals surface area contributed by atoms with Gasteiger partial charge in [-0.3, -0.25) is 14.5 Å². The summed E-state index contributed by atoms with van der Waals surface area (Å²) in [5, 5.41) is 0.